The molecule has 0 aromatic rings. The minimum absolute atomic E-state index is 0.186. The average Bonchev–Trinajstić information content (AvgIpc) is 2.14. The van der Waals surface area contributed by atoms with Crippen LogP contribution in [0.15, 0.2) is 0 Å². The molecule has 0 aliphatic carbocycles. The van der Waals surface area contributed by atoms with Gasteiger partial charge in [-0.3, -0.25) is 9.59 Å². The van der Waals surface area contributed by atoms with Gasteiger partial charge in [-0.15, -0.1) is 0 Å². The first-order chi connectivity index (χ1) is 6.02. The van der Waals surface area contributed by atoms with E-state index in [4.69, 9.17) is 0 Å². The number of carbonyl (C=O) groups excluding carboxylic acids is 2. The lowest BCUT2D eigenvalue weighted by atomic mass is 10.2. The molecule has 0 saturated carbocycles. The van der Waals surface area contributed by atoms with Crippen molar-refractivity contribution in [3.8, 4) is 0 Å². The quantitative estimate of drug-likeness (QED) is 0.533. The highest BCUT2D eigenvalue weighted by atomic mass is 32.1. The highest BCUT2D eigenvalue weighted by molar-refractivity contribution is 7.82. The number of carbonyl (C=O) groups is 2. The van der Waals surface area contributed by atoms with E-state index in [1.807, 2.05) is 0 Å². The third-order valence-corrected chi connectivity index (χ3v) is 2.24. The lowest BCUT2D eigenvalue weighted by Gasteiger charge is -2.11. The van der Waals surface area contributed by atoms with Crippen LogP contribution in [0.5, 0.6) is 0 Å². The number of esters is 2. The highest BCUT2D eigenvalue weighted by Gasteiger charge is 2.23. The van der Waals surface area contributed by atoms with Crippen LogP contribution >= 0.6 is 25.3 Å². The largest absolute Gasteiger partial charge is 0.468 e. The van der Waals surface area contributed by atoms with Crippen LogP contribution < -0.4 is 0 Å². The minimum atomic E-state index is -0.647. The standard InChI is InChI=1S/C7H12O4S2/c1-10-6(8)4(12)3-5(13)7(9)11-2/h4-5,12-13H,3H2,1-2H3. The summed E-state index contributed by atoms with van der Waals surface area (Å²) in [6.07, 6.45) is 0.186. The molecule has 0 heterocycles. The van der Waals surface area contributed by atoms with Crippen LogP contribution in [-0.2, 0) is 19.1 Å². The van der Waals surface area contributed by atoms with Gasteiger partial charge in [0.25, 0.3) is 0 Å². The number of hydrogen-bond donors (Lipinski definition) is 2. The summed E-state index contributed by atoms with van der Waals surface area (Å²) in [7, 11) is 2.52. The summed E-state index contributed by atoms with van der Waals surface area (Å²) >= 11 is 7.89. The molecule has 76 valence electrons. The number of rotatable bonds is 4. The maximum absolute atomic E-state index is 10.9. The number of thiol groups is 2. The third-order valence-electron chi connectivity index (χ3n) is 1.39. The van der Waals surface area contributed by atoms with E-state index >= 15 is 0 Å². The van der Waals surface area contributed by atoms with Crippen molar-refractivity contribution in [2.75, 3.05) is 14.2 Å². The van der Waals surface area contributed by atoms with Gasteiger partial charge in [0.1, 0.15) is 10.5 Å². The van der Waals surface area contributed by atoms with Crippen LogP contribution in [-0.4, -0.2) is 36.7 Å². The summed E-state index contributed by atoms with van der Waals surface area (Å²) in [6, 6.07) is 0. The van der Waals surface area contributed by atoms with Crippen LogP contribution in [0.4, 0.5) is 0 Å². The second kappa shape index (κ2) is 6.15. The van der Waals surface area contributed by atoms with Crippen molar-refractivity contribution in [1.82, 2.24) is 0 Å². The molecule has 0 saturated heterocycles. The summed E-state index contributed by atoms with van der Waals surface area (Å²) in [5, 5.41) is -1.29. The zero-order chi connectivity index (χ0) is 10.4. The fourth-order valence-corrected chi connectivity index (χ4v) is 1.47. The SMILES string of the molecule is COC(=O)C(S)CC(S)C(=O)OC. The number of hydrogen-bond acceptors (Lipinski definition) is 6. The fraction of sp³-hybridized carbons (Fsp3) is 0.714. The first-order valence-corrected chi connectivity index (χ1v) is 4.58. The minimum Gasteiger partial charge on any atom is -0.468 e. The summed E-state index contributed by atoms with van der Waals surface area (Å²) in [5.74, 6) is -0.961. The van der Waals surface area contributed by atoms with Gasteiger partial charge >= 0.3 is 11.9 Å². The molecule has 13 heavy (non-hydrogen) atoms. The van der Waals surface area contributed by atoms with Crippen molar-refractivity contribution in [2.24, 2.45) is 0 Å². The molecular formula is C7H12O4S2. The van der Waals surface area contributed by atoms with Crippen molar-refractivity contribution in [3.63, 3.8) is 0 Å². The molecule has 0 aromatic carbocycles. The first-order valence-electron chi connectivity index (χ1n) is 3.54. The molecule has 0 rings (SSSR count). The van der Waals surface area contributed by atoms with Crippen LogP contribution in [0.3, 0.4) is 0 Å². The maximum atomic E-state index is 10.9. The van der Waals surface area contributed by atoms with Crippen molar-refractivity contribution in [2.45, 2.75) is 16.9 Å². The highest BCUT2D eigenvalue weighted by Crippen LogP contribution is 2.12. The molecule has 0 fully saturated rings. The Morgan fingerprint density at radius 1 is 1.08 bits per heavy atom. The normalized spacial score (nSPS) is 14.5. The molecule has 2 unspecified atom stereocenters. The molecule has 0 aliphatic heterocycles. The Bertz CT molecular complexity index is 175. The summed E-state index contributed by atoms with van der Waals surface area (Å²) < 4.78 is 8.85. The Labute approximate surface area is 87.8 Å². The van der Waals surface area contributed by atoms with Gasteiger partial charge in [-0.25, -0.2) is 0 Å². The van der Waals surface area contributed by atoms with Crippen LogP contribution in [0.1, 0.15) is 6.42 Å². The van der Waals surface area contributed by atoms with Gasteiger partial charge in [0.05, 0.1) is 14.2 Å². The Hall–Kier alpha value is -0.360. The van der Waals surface area contributed by atoms with Gasteiger partial charge in [0.15, 0.2) is 0 Å². The molecule has 0 aromatic heterocycles. The smallest absolute Gasteiger partial charge is 0.318 e. The molecule has 0 spiro atoms. The lowest BCUT2D eigenvalue weighted by Crippen LogP contribution is -2.25. The first kappa shape index (κ1) is 12.6. The van der Waals surface area contributed by atoms with Gasteiger partial charge in [-0.1, -0.05) is 0 Å². The summed E-state index contributed by atoms with van der Waals surface area (Å²) in [4.78, 5) is 21.7. The Morgan fingerprint density at radius 2 is 1.38 bits per heavy atom. The average molecular weight is 224 g/mol. The van der Waals surface area contributed by atoms with Crippen molar-refractivity contribution < 1.29 is 19.1 Å². The van der Waals surface area contributed by atoms with E-state index in [0.29, 0.717) is 0 Å². The van der Waals surface area contributed by atoms with Crippen LogP contribution in [0.25, 0.3) is 0 Å². The second-order valence-electron chi connectivity index (χ2n) is 2.31. The Balaban J connectivity index is 3.98. The molecule has 0 amide bonds. The molecule has 4 nitrogen and oxygen atoms in total. The molecule has 0 N–H and O–H groups in total. The van der Waals surface area contributed by atoms with E-state index in [1.54, 1.807) is 0 Å². The Morgan fingerprint density at radius 3 is 1.62 bits per heavy atom. The Kier molecular flexibility index (Phi) is 5.98. The van der Waals surface area contributed by atoms with Crippen molar-refractivity contribution in [1.29, 1.82) is 0 Å². The van der Waals surface area contributed by atoms with Crippen LogP contribution in [0.2, 0.25) is 0 Å². The van der Waals surface area contributed by atoms with Gasteiger partial charge in [-0.2, -0.15) is 25.3 Å². The van der Waals surface area contributed by atoms with Crippen LogP contribution in [0, 0.1) is 0 Å². The van der Waals surface area contributed by atoms with Gasteiger partial charge in [-0.05, 0) is 6.42 Å². The maximum Gasteiger partial charge on any atom is 0.318 e. The van der Waals surface area contributed by atoms with Gasteiger partial charge < -0.3 is 9.47 Å². The predicted octanol–water partition coefficient (Wildman–Crippen LogP) is 0.319. The molecular weight excluding hydrogens is 212 g/mol. The summed E-state index contributed by atoms with van der Waals surface area (Å²) in [5.41, 5.74) is 0. The van der Waals surface area contributed by atoms with E-state index in [1.165, 1.54) is 14.2 Å². The van der Waals surface area contributed by atoms with E-state index in [-0.39, 0.29) is 6.42 Å². The molecule has 2 atom stereocenters. The van der Waals surface area contributed by atoms with E-state index < -0.39 is 22.4 Å². The zero-order valence-corrected chi connectivity index (χ0v) is 9.18. The predicted molar refractivity (Wildman–Crippen MR) is 54.2 cm³/mol. The van der Waals surface area contributed by atoms with Gasteiger partial charge in [0, 0.05) is 0 Å². The van der Waals surface area contributed by atoms with Crippen molar-refractivity contribution in [3.05, 3.63) is 0 Å². The topological polar surface area (TPSA) is 52.6 Å². The lowest BCUT2D eigenvalue weighted by molar-refractivity contribution is -0.141. The molecule has 0 radical (unpaired) electrons. The molecule has 0 bridgehead atoms. The van der Waals surface area contributed by atoms with E-state index in [9.17, 15) is 9.59 Å². The van der Waals surface area contributed by atoms with E-state index in [2.05, 4.69) is 34.7 Å². The monoisotopic (exact) mass is 224 g/mol. The summed E-state index contributed by atoms with van der Waals surface area (Å²) in [6.45, 7) is 0. The van der Waals surface area contributed by atoms with Gasteiger partial charge in [0.2, 0.25) is 0 Å². The molecule has 0 aliphatic rings. The second-order valence-corrected chi connectivity index (χ2v) is 3.56. The number of methoxy groups -OCH3 is 2. The van der Waals surface area contributed by atoms with Crippen molar-refractivity contribution >= 4 is 37.2 Å². The zero-order valence-electron chi connectivity index (χ0n) is 7.39. The number of ether oxygens (including phenoxy) is 2. The third kappa shape index (κ3) is 4.42. The fourth-order valence-electron chi connectivity index (χ4n) is 0.676. The molecule has 6 heteroatoms. The van der Waals surface area contributed by atoms with E-state index in [0.717, 1.165) is 0 Å².